The molecule has 4 aromatic rings. The van der Waals surface area contributed by atoms with Gasteiger partial charge in [-0.15, -0.1) is 0 Å². The van der Waals surface area contributed by atoms with Crippen LogP contribution in [0.4, 0.5) is 5.69 Å². The molecule has 8 nitrogen and oxygen atoms in total. The van der Waals surface area contributed by atoms with Crippen molar-refractivity contribution in [3.63, 3.8) is 0 Å². The van der Waals surface area contributed by atoms with Crippen LogP contribution in [-0.2, 0) is 32.6 Å². The topological polar surface area (TPSA) is 96.0 Å². The Morgan fingerprint density at radius 2 is 1.45 bits per heavy atom. The fourth-order valence-electron chi connectivity index (χ4n) is 4.87. The Morgan fingerprint density at radius 1 is 0.818 bits per heavy atom. The summed E-state index contributed by atoms with van der Waals surface area (Å²) in [5, 5.41) is 2.88. The molecule has 0 aromatic heterocycles. The van der Waals surface area contributed by atoms with Crippen LogP contribution in [0.1, 0.15) is 29.2 Å². The first-order chi connectivity index (χ1) is 21.1. The zero-order chi connectivity index (χ0) is 31.7. The lowest BCUT2D eigenvalue weighted by molar-refractivity contribution is -0.140. The van der Waals surface area contributed by atoms with Crippen LogP contribution in [0.3, 0.4) is 0 Å². The Labute approximate surface area is 260 Å². The van der Waals surface area contributed by atoms with Crippen molar-refractivity contribution in [2.45, 2.75) is 44.7 Å². The van der Waals surface area contributed by atoms with Gasteiger partial charge >= 0.3 is 0 Å². The summed E-state index contributed by atoms with van der Waals surface area (Å²) < 4.78 is 34.7. The third-order valence-electron chi connectivity index (χ3n) is 7.32. The summed E-state index contributed by atoms with van der Waals surface area (Å²) in [6.45, 7) is 5.64. The number of hydrogen-bond acceptors (Lipinski definition) is 5. The molecule has 0 aliphatic carbocycles. The number of aryl methyl sites for hydroxylation is 2. The largest absolute Gasteiger partial charge is 0.497 e. The van der Waals surface area contributed by atoms with Crippen LogP contribution in [0, 0.1) is 13.8 Å². The summed E-state index contributed by atoms with van der Waals surface area (Å²) in [6.07, 6.45) is 0.258. The maximum Gasteiger partial charge on any atom is 0.264 e. The fourth-order valence-corrected chi connectivity index (χ4v) is 6.27. The van der Waals surface area contributed by atoms with Gasteiger partial charge in [0.05, 0.1) is 17.7 Å². The molecule has 44 heavy (non-hydrogen) atoms. The van der Waals surface area contributed by atoms with Crippen LogP contribution < -0.4 is 14.4 Å². The predicted molar refractivity (Wildman–Crippen MR) is 173 cm³/mol. The van der Waals surface area contributed by atoms with E-state index in [2.05, 4.69) is 5.32 Å². The first-order valence-corrected chi connectivity index (χ1v) is 16.0. The van der Waals surface area contributed by atoms with E-state index in [1.165, 1.54) is 24.1 Å². The van der Waals surface area contributed by atoms with Gasteiger partial charge in [-0.1, -0.05) is 83.9 Å². The number of sulfonamides is 1. The van der Waals surface area contributed by atoms with E-state index in [9.17, 15) is 18.0 Å². The number of amides is 2. The number of nitrogens with zero attached hydrogens (tertiary/aromatic N) is 2. The molecule has 0 aliphatic rings. The van der Waals surface area contributed by atoms with Crippen molar-refractivity contribution in [3.8, 4) is 5.75 Å². The van der Waals surface area contributed by atoms with Crippen molar-refractivity contribution in [3.05, 3.63) is 125 Å². The zero-order valence-corrected chi connectivity index (χ0v) is 26.4. The molecule has 2 amide bonds. The Hall–Kier alpha value is -4.63. The second-order valence-corrected chi connectivity index (χ2v) is 12.5. The van der Waals surface area contributed by atoms with Crippen LogP contribution in [0.2, 0.25) is 0 Å². The zero-order valence-electron chi connectivity index (χ0n) is 25.6. The molecule has 1 atom stereocenters. The normalized spacial score (nSPS) is 11.8. The van der Waals surface area contributed by atoms with E-state index in [4.69, 9.17) is 4.74 Å². The molecule has 230 valence electrons. The third kappa shape index (κ3) is 8.05. The first kappa shape index (κ1) is 32.3. The minimum absolute atomic E-state index is 0.0494. The Balaban J connectivity index is 1.80. The van der Waals surface area contributed by atoms with Gasteiger partial charge in [0.2, 0.25) is 11.8 Å². The molecule has 0 aliphatic heterocycles. The number of hydrogen-bond donors (Lipinski definition) is 1. The molecular formula is C35H39N3O5S. The second-order valence-electron chi connectivity index (χ2n) is 10.6. The van der Waals surface area contributed by atoms with Crippen LogP contribution >= 0.6 is 0 Å². The van der Waals surface area contributed by atoms with Crippen LogP contribution in [0.15, 0.2) is 108 Å². The highest BCUT2D eigenvalue weighted by Gasteiger charge is 2.34. The number of carbonyl (C=O) groups is 2. The van der Waals surface area contributed by atoms with Gasteiger partial charge < -0.3 is 15.0 Å². The summed E-state index contributed by atoms with van der Waals surface area (Å²) >= 11 is 0. The van der Waals surface area contributed by atoms with Gasteiger partial charge in [-0.3, -0.25) is 13.9 Å². The summed E-state index contributed by atoms with van der Waals surface area (Å²) in [5.74, 6) is -0.387. The van der Waals surface area contributed by atoms with E-state index in [0.29, 0.717) is 12.3 Å². The van der Waals surface area contributed by atoms with Gasteiger partial charge in [0.1, 0.15) is 18.3 Å². The number of anilines is 1. The Bertz CT molecular complexity index is 1660. The molecule has 0 saturated carbocycles. The molecule has 1 N–H and O–H groups in total. The number of likely N-dealkylation sites (N-methyl/N-ethyl adjacent to an activating group) is 1. The number of carbonyl (C=O) groups excluding carboxylic acids is 2. The van der Waals surface area contributed by atoms with E-state index in [1.54, 1.807) is 36.4 Å². The lowest BCUT2D eigenvalue weighted by atomic mass is 10.0. The lowest BCUT2D eigenvalue weighted by Crippen LogP contribution is -2.53. The van der Waals surface area contributed by atoms with Crippen molar-refractivity contribution in [2.75, 3.05) is 24.5 Å². The molecule has 0 heterocycles. The van der Waals surface area contributed by atoms with E-state index in [0.717, 1.165) is 26.6 Å². The molecule has 0 spiro atoms. The molecule has 0 fully saturated rings. The van der Waals surface area contributed by atoms with Crippen molar-refractivity contribution in [2.24, 2.45) is 0 Å². The Morgan fingerprint density at radius 3 is 2.07 bits per heavy atom. The van der Waals surface area contributed by atoms with E-state index < -0.39 is 28.5 Å². The number of benzene rings is 4. The van der Waals surface area contributed by atoms with Gasteiger partial charge in [-0.2, -0.15) is 0 Å². The van der Waals surface area contributed by atoms with Gasteiger partial charge in [-0.25, -0.2) is 8.42 Å². The van der Waals surface area contributed by atoms with Gasteiger partial charge in [0.25, 0.3) is 10.0 Å². The maximum absolute atomic E-state index is 14.4. The predicted octanol–water partition coefficient (Wildman–Crippen LogP) is 5.28. The molecule has 0 saturated heterocycles. The lowest BCUT2D eigenvalue weighted by Gasteiger charge is -2.34. The molecule has 0 unspecified atom stereocenters. The van der Waals surface area contributed by atoms with Crippen molar-refractivity contribution in [1.29, 1.82) is 0 Å². The van der Waals surface area contributed by atoms with Gasteiger partial charge in [0, 0.05) is 25.6 Å². The minimum Gasteiger partial charge on any atom is -0.497 e. The van der Waals surface area contributed by atoms with Crippen LogP contribution in [-0.4, -0.2) is 51.4 Å². The van der Waals surface area contributed by atoms with Crippen molar-refractivity contribution in [1.82, 2.24) is 10.2 Å². The molecule has 9 heteroatoms. The standard InChI is InChI=1S/C35H39N3O5S/c1-5-36-35(40)33(22-28-10-7-6-8-11-28)37(24-29-18-14-26(2)15-19-29)34(39)25-38(30-12-9-13-31(23-30)43-4)44(41,42)32-20-16-27(3)17-21-32/h6-21,23,33H,5,22,24-25H2,1-4H3,(H,36,40)/t33-/m1/s1. The third-order valence-corrected chi connectivity index (χ3v) is 9.11. The molecule has 4 rings (SSSR count). The number of methoxy groups -OCH3 is 1. The molecule has 0 bridgehead atoms. The first-order valence-electron chi connectivity index (χ1n) is 14.5. The quantitative estimate of drug-likeness (QED) is 0.221. The summed E-state index contributed by atoms with van der Waals surface area (Å²) in [5.41, 5.74) is 3.93. The van der Waals surface area contributed by atoms with Gasteiger partial charge in [0.15, 0.2) is 0 Å². The highest BCUT2D eigenvalue weighted by Crippen LogP contribution is 2.28. The number of rotatable bonds is 13. The average Bonchev–Trinajstić information content (AvgIpc) is 3.03. The van der Waals surface area contributed by atoms with Crippen molar-refractivity contribution >= 4 is 27.5 Å². The second kappa shape index (κ2) is 14.7. The molecule has 4 aromatic carbocycles. The van der Waals surface area contributed by atoms with Crippen LogP contribution in [0.25, 0.3) is 0 Å². The van der Waals surface area contributed by atoms with Gasteiger partial charge in [-0.05, 0) is 56.2 Å². The van der Waals surface area contributed by atoms with Crippen LogP contribution in [0.5, 0.6) is 5.75 Å². The smallest absolute Gasteiger partial charge is 0.264 e. The number of ether oxygens (including phenoxy) is 1. The minimum atomic E-state index is -4.19. The average molecular weight is 614 g/mol. The van der Waals surface area contributed by atoms with E-state index in [1.807, 2.05) is 75.4 Å². The summed E-state index contributed by atoms with van der Waals surface area (Å²) in [4.78, 5) is 29.5. The SMILES string of the molecule is CCNC(=O)[C@@H](Cc1ccccc1)N(Cc1ccc(C)cc1)C(=O)CN(c1cccc(OC)c1)S(=O)(=O)c1ccc(C)cc1. The number of nitrogens with one attached hydrogen (secondary N) is 1. The highest BCUT2D eigenvalue weighted by atomic mass is 32.2. The van der Waals surface area contributed by atoms with E-state index >= 15 is 0 Å². The maximum atomic E-state index is 14.4. The Kier molecular flexibility index (Phi) is 10.8. The summed E-state index contributed by atoms with van der Waals surface area (Å²) in [7, 11) is -2.70. The molecular weight excluding hydrogens is 574 g/mol. The molecule has 0 radical (unpaired) electrons. The summed E-state index contributed by atoms with van der Waals surface area (Å²) in [6, 6.07) is 29.4. The fraction of sp³-hybridized carbons (Fsp3) is 0.257. The van der Waals surface area contributed by atoms with Crippen molar-refractivity contribution < 1.29 is 22.7 Å². The monoisotopic (exact) mass is 613 g/mol. The highest BCUT2D eigenvalue weighted by molar-refractivity contribution is 7.92. The van der Waals surface area contributed by atoms with E-state index in [-0.39, 0.29) is 29.5 Å².